The van der Waals surface area contributed by atoms with E-state index in [4.69, 9.17) is 4.74 Å². The summed E-state index contributed by atoms with van der Waals surface area (Å²) < 4.78 is 36.0. The maximum Gasteiger partial charge on any atom is 0.387 e. The van der Waals surface area contributed by atoms with Crippen molar-refractivity contribution in [3.8, 4) is 11.5 Å². The number of carbonyl (C=O) groups is 1. The second-order valence-corrected chi connectivity index (χ2v) is 4.97. The molecule has 0 fully saturated rings. The molecule has 6 heteroatoms. The number of halogens is 2. The van der Waals surface area contributed by atoms with Crippen molar-refractivity contribution in [3.63, 3.8) is 0 Å². The summed E-state index contributed by atoms with van der Waals surface area (Å²) in [6, 6.07) is 6.94. The first-order chi connectivity index (χ1) is 10.6. The quantitative estimate of drug-likeness (QED) is 0.920. The number of hydrogen-bond acceptors (Lipinski definition) is 3. The van der Waals surface area contributed by atoms with Crippen molar-refractivity contribution in [3.05, 3.63) is 35.4 Å². The Kier molecular flexibility index (Phi) is 3.83. The van der Waals surface area contributed by atoms with Gasteiger partial charge in [0.05, 0.1) is 12.2 Å². The summed E-state index contributed by atoms with van der Waals surface area (Å²) in [5, 5.41) is 3.76. The SMILES string of the molecule is CCCOc1c2c(c(OC(F)F)c3ccccc13)C(=O)NC2. The summed E-state index contributed by atoms with van der Waals surface area (Å²) in [6.07, 6.45) is 0.805. The van der Waals surface area contributed by atoms with Crippen molar-refractivity contribution < 1.29 is 23.0 Å². The van der Waals surface area contributed by atoms with Gasteiger partial charge in [0, 0.05) is 22.9 Å². The van der Waals surface area contributed by atoms with Gasteiger partial charge in [0.15, 0.2) is 0 Å². The number of hydrogen-bond donors (Lipinski definition) is 1. The molecule has 1 aliphatic rings. The number of ether oxygens (including phenoxy) is 2. The van der Waals surface area contributed by atoms with E-state index < -0.39 is 12.5 Å². The maximum absolute atomic E-state index is 12.8. The van der Waals surface area contributed by atoms with Crippen LogP contribution in [0.2, 0.25) is 0 Å². The van der Waals surface area contributed by atoms with E-state index in [0.717, 1.165) is 6.42 Å². The fourth-order valence-electron chi connectivity index (χ4n) is 2.67. The summed E-state index contributed by atoms with van der Waals surface area (Å²) >= 11 is 0. The Morgan fingerprint density at radius 1 is 1.23 bits per heavy atom. The summed E-state index contributed by atoms with van der Waals surface area (Å²) in [5.41, 5.74) is 0.720. The molecular formula is C16H15F2NO3. The van der Waals surface area contributed by atoms with Gasteiger partial charge in [0.25, 0.3) is 5.91 Å². The molecule has 1 N–H and O–H groups in total. The molecule has 0 spiro atoms. The maximum atomic E-state index is 12.8. The molecule has 0 bridgehead atoms. The van der Waals surface area contributed by atoms with Gasteiger partial charge in [-0.2, -0.15) is 8.78 Å². The van der Waals surface area contributed by atoms with Crippen LogP contribution in [0.25, 0.3) is 10.8 Å². The molecule has 0 atom stereocenters. The van der Waals surface area contributed by atoms with E-state index in [9.17, 15) is 13.6 Å². The smallest absolute Gasteiger partial charge is 0.387 e. The number of fused-ring (bicyclic) bond motifs is 2. The topological polar surface area (TPSA) is 47.6 Å². The highest BCUT2D eigenvalue weighted by molar-refractivity contribution is 6.09. The predicted octanol–water partition coefficient (Wildman–Crippen LogP) is 3.47. The lowest BCUT2D eigenvalue weighted by atomic mass is 9.99. The van der Waals surface area contributed by atoms with Crippen LogP contribution in [0.5, 0.6) is 11.5 Å². The lowest BCUT2D eigenvalue weighted by Crippen LogP contribution is -2.14. The Morgan fingerprint density at radius 3 is 2.55 bits per heavy atom. The van der Waals surface area contributed by atoms with Crippen molar-refractivity contribution in [1.29, 1.82) is 0 Å². The number of amides is 1. The van der Waals surface area contributed by atoms with Crippen LogP contribution in [0, 0.1) is 0 Å². The van der Waals surface area contributed by atoms with Gasteiger partial charge in [-0.05, 0) is 6.42 Å². The molecule has 0 aliphatic carbocycles. The molecule has 0 aromatic heterocycles. The molecule has 1 heterocycles. The van der Waals surface area contributed by atoms with Gasteiger partial charge in [-0.1, -0.05) is 31.2 Å². The number of benzene rings is 2. The fourth-order valence-corrected chi connectivity index (χ4v) is 2.67. The first-order valence-corrected chi connectivity index (χ1v) is 7.06. The highest BCUT2D eigenvalue weighted by Gasteiger charge is 2.31. The van der Waals surface area contributed by atoms with Gasteiger partial charge in [0.2, 0.25) is 0 Å². The first kappa shape index (κ1) is 14.6. The molecule has 116 valence electrons. The average Bonchev–Trinajstić information content (AvgIpc) is 2.88. The number of nitrogens with one attached hydrogen (secondary N) is 1. The van der Waals surface area contributed by atoms with E-state index in [0.29, 0.717) is 28.7 Å². The van der Waals surface area contributed by atoms with Crippen molar-refractivity contribution in [1.82, 2.24) is 5.32 Å². The third kappa shape index (κ3) is 2.34. The zero-order chi connectivity index (χ0) is 15.7. The Labute approximate surface area is 126 Å². The van der Waals surface area contributed by atoms with Gasteiger partial charge in [-0.3, -0.25) is 4.79 Å². The van der Waals surface area contributed by atoms with E-state index in [1.165, 1.54) is 0 Å². The fraction of sp³-hybridized carbons (Fsp3) is 0.312. The second kappa shape index (κ2) is 5.79. The molecule has 22 heavy (non-hydrogen) atoms. The lowest BCUT2D eigenvalue weighted by molar-refractivity contribution is -0.0491. The van der Waals surface area contributed by atoms with Crippen LogP contribution in [0.15, 0.2) is 24.3 Å². The van der Waals surface area contributed by atoms with Crippen LogP contribution in [0.3, 0.4) is 0 Å². The summed E-state index contributed by atoms with van der Waals surface area (Å²) in [6.45, 7) is -0.291. The minimum Gasteiger partial charge on any atom is -0.493 e. The summed E-state index contributed by atoms with van der Waals surface area (Å²) in [4.78, 5) is 12.0. The van der Waals surface area contributed by atoms with Crippen LogP contribution in [0.1, 0.15) is 29.3 Å². The summed E-state index contributed by atoms with van der Waals surface area (Å²) in [7, 11) is 0. The van der Waals surface area contributed by atoms with Gasteiger partial charge in [-0.15, -0.1) is 0 Å². The largest absolute Gasteiger partial charge is 0.493 e. The van der Waals surface area contributed by atoms with E-state index in [2.05, 4.69) is 10.1 Å². The Morgan fingerprint density at radius 2 is 1.91 bits per heavy atom. The zero-order valence-corrected chi connectivity index (χ0v) is 12.0. The van der Waals surface area contributed by atoms with Crippen LogP contribution < -0.4 is 14.8 Å². The Balaban J connectivity index is 2.30. The predicted molar refractivity (Wildman–Crippen MR) is 77.5 cm³/mol. The standard InChI is InChI=1S/C16H15F2NO3/c1-2-7-21-13-9-5-3-4-6-10(9)14(22-16(17)18)12-11(13)8-19-15(12)20/h3-6,16H,2,7-8H2,1H3,(H,19,20). The van der Waals surface area contributed by atoms with Gasteiger partial charge in [-0.25, -0.2) is 0 Å². The molecule has 1 amide bonds. The molecule has 0 unspecified atom stereocenters. The van der Waals surface area contributed by atoms with E-state index in [1.54, 1.807) is 24.3 Å². The van der Waals surface area contributed by atoms with Gasteiger partial charge < -0.3 is 14.8 Å². The van der Waals surface area contributed by atoms with E-state index >= 15 is 0 Å². The first-order valence-electron chi connectivity index (χ1n) is 7.06. The number of carbonyl (C=O) groups excluding carboxylic acids is 1. The van der Waals surface area contributed by atoms with Crippen molar-refractivity contribution >= 4 is 16.7 Å². The van der Waals surface area contributed by atoms with E-state index in [-0.39, 0.29) is 17.9 Å². The second-order valence-electron chi connectivity index (χ2n) is 4.97. The van der Waals surface area contributed by atoms with E-state index in [1.807, 2.05) is 6.92 Å². The average molecular weight is 307 g/mol. The third-order valence-corrected chi connectivity index (χ3v) is 3.53. The minimum absolute atomic E-state index is 0.0838. The molecule has 2 aromatic rings. The Bertz CT molecular complexity index is 731. The van der Waals surface area contributed by atoms with Gasteiger partial charge in [0.1, 0.15) is 11.5 Å². The highest BCUT2D eigenvalue weighted by Crippen LogP contribution is 2.43. The minimum atomic E-state index is -3.00. The van der Waals surface area contributed by atoms with Crippen LogP contribution in [0.4, 0.5) is 8.78 Å². The Hall–Kier alpha value is -2.37. The molecule has 3 rings (SSSR count). The molecule has 2 aromatic carbocycles. The highest BCUT2D eigenvalue weighted by atomic mass is 19.3. The summed E-state index contributed by atoms with van der Waals surface area (Å²) in [5.74, 6) is 0.0598. The van der Waals surface area contributed by atoms with Crippen LogP contribution in [-0.4, -0.2) is 19.1 Å². The third-order valence-electron chi connectivity index (χ3n) is 3.53. The number of alkyl halides is 2. The number of rotatable bonds is 5. The van der Waals surface area contributed by atoms with Crippen molar-refractivity contribution in [2.45, 2.75) is 26.5 Å². The molecule has 0 saturated heterocycles. The monoisotopic (exact) mass is 307 g/mol. The molecule has 0 saturated carbocycles. The molecule has 4 nitrogen and oxygen atoms in total. The molecule has 0 radical (unpaired) electrons. The normalized spacial score (nSPS) is 13.4. The molecule has 1 aliphatic heterocycles. The van der Waals surface area contributed by atoms with Gasteiger partial charge >= 0.3 is 6.61 Å². The molecular weight excluding hydrogens is 292 g/mol. The lowest BCUT2D eigenvalue weighted by Gasteiger charge is -2.17. The van der Waals surface area contributed by atoms with Crippen LogP contribution in [-0.2, 0) is 6.54 Å². The van der Waals surface area contributed by atoms with Crippen molar-refractivity contribution in [2.75, 3.05) is 6.61 Å². The van der Waals surface area contributed by atoms with Crippen molar-refractivity contribution in [2.24, 2.45) is 0 Å². The zero-order valence-electron chi connectivity index (χ0n) is 12.0. The van der Waals surface area contributed by atoms with Crippen LogP contribution >= 0.6 is 0 Å².